The fourth-order valence-corrected chi connectivity index (χ4v) is 2.68. The summed E-state index contributed by atoms with van der Waals surface area (Å²) in [6.45, 7) is 2.19. The zero-order valence-electron chi connectivity index (χ0n) is 14.5. The SMILES string of the molecule is COC(=O)c1ccc(C)c(NC(=O)CCCOc2ccc(Cl)cc2Cl)c1. The number of carbonyl (C=O) groups excluding carboxylic acids is 2. The van der Waals surface area contributed by atoms with Gasteiger partial charge in [0, 0.05) is 17.1 Å². The highest BCUT2D eigenvalue weighted by atomic mass is 35.5. The van der Waals surface area contributed by atoms with Gasteiger partial charge in [0.1, 0.15) is 5.75 Å². The standard InChI is InChI=1S/C19H19Cl2NO4/c1-12-5-6-13(19(24)25-2)10-16(12)22-18(23)4-3-9-26-17-8-7-14(20)11-15(17)21/h5-8,10-11H,3-4,9H2,1-2H3,(H,22,23). The first-order valence-corrected chi connectivity index (χ1v) is 8.73. The van der Waals surface area contributed by atoms with E-state index in [-0.39, 0.29) is 12.3 Å². The number of methoxy groups -OCH3 is 1. The summed E-state index contributed by atoms with van der Waals surface area (Å²) in [5.74, 6) is -0.0900. The van der Waals surface area contributed by atoms with Crippen LogP contribution in [0.3, 0.4) is 0 Å². The van der Waals surface area contributed by atoms with Gasteiger partial charge in [0.15, 0.2) is 0 Å². The van der Waals surface area contributed by atoms with Gasteiger partial charge in [-0.3, -0.25) is 4.79 Å². The van der Waals surface area contributed by atoms with Crippen LogP contribution in [-0.4, -0.2) is 25.6 Å². The van der Waals surface area contributed by atoms with E-state index in [0.29, 0.717) is 40.1 Å². The lowest BCUT2D eigenvalue weighted by Crippen LogP contribution is -2.14. The van der Waals surface area contributed by atoms with Crippen molar-refractivity contribution in [1.29, 1.82) is 0 Å². The maximum Gasteiger partial charge on any atom is 0.337 e. The Hall–Kier alpha value is -2.24. The van der Waals surface area contributed by atoms with E-state index in [1.54, 1.807) is 36.4 Å². The number of esters is 1. The van der Waals surface area contributed by atoms with Crippen LogP contribution >= 0.6 is 23.2 Å². The zero-order valence-corrected chi connectivity index (χ0v) is 16.0. The smallest absolute Gasteiger partial charge is 0.337 e. The molecule has 5 nitrogen and oxygen atoms in total. The van der Waals surface area contributed by atoms with Crippen molar-refractivity contribution in [2.45, 2.75) is 19.8 Å². The number of nitrogens with one attached hydrogen (secondary N) is 1. The van der Waals surface area contributed by atoms with Gasteiger partial charge >= 0.3 is 5.97 Å². The first-order valence-electron chi connectivity index (χ1n) is 7.97. The van der Waals surface area contributed by atoms with Crippen molar-refractivity contribution >= 4 is 40.8 Å². The predicted octanol–water partition coefficient (Wildman–Crippen LogP) is 4.89. The van der Waals surface area contributed by atoms with Crippen molar-refractivity contribution in [3.63, 3.8) is 0 Å². The molecule has 0 radical (unpaired) electrons. The Morgan fingerprint density at radius 3 is 2.58 bits per heavy atom. The summed E-state index contributed by atoms with van der Waals surface area (Å²) in [7, 11) is 1.31. The van der Waals surface area contributed by atoms with E-state index < -0.39 is 5.97 Å². The molecule has 7 heteroatoms. The van der Waals surface area contributed by atoms with Crippen LogP contribution in [0.4, 0.5) is 5.69 Å². The molecule has 0 aromatic heterocycles. The highest BCUT2D eigenvalue weighted by Crippen LogP contribution is 2.27. The highest BCUT2D eigenvalue weighted by Gasteiger charge is 2.10. The molecule has 0 atom stereocenters. The zero-order chi connectivity index (χ0) is 19.1. The molecule has 0 aliphatic rings. The van der Waals surface area contributed by atoms with Gasteiger partial charge in [-0.1, -0.05) is 29.3 Å². The van der Waals surface area contributed by atoms with Crippen molar-refractivity contribution in [1.82, 2.24) is 0 Å². The number of ether oxygens (including phenoxy) is 2. The molecule has 26 heavy (non-hydrogen) atoms. The molecule has 0 unspecified atom stereocenters. The molecule has 2 aromatic carbocycles. The van der Waals surface area contributed by atoms with Crippen LogP contribution < -0.4 is 10.1 Å². The quantitative estimate of drug-likeness (QED) is 0.535. The van der Waals surface area contributed by atoms with Gasteiger partial charge in [-0.25, -0.2) is 4.79 Å². The summed E-state index contributed by atoms with van der Waals surface area (Å²) in [5, 5.41) is 3.76. The van der Waals surface area contributed by atoms with Crippen molar-refractivity contribution in [3.8, 4) is 5.75 Å². The Kier molecular flexibility index (Phi) is 7.30. The Labute approximate surface area is 162 Å². The molecule has 2 aromatic rings. The van der Waals surface area contributed by atoms with Gasteiger partial charge in [-0.05, 0) is 49.2 Å². The van der Waals surface area contributed by atoms with E-state index in [4.69, 9.17) is 27.9 Å². The first-order chi connectivity index (χ1) is 12.4. The normalized spacial score (nSPS) is 10.3. The molecule has 1 amide bonds. The predicted molar refractivity (Wildman–Crippen MR) is 102 cm³/mol. The second kappa shape index (κ2) is 9.46. The summed E-state index contributed by atoms with van der Waals surface area (Å²) in [5.41, 5.74) is 1.82. The lowest BCUT2D eigenvalue weighted by Gasteiger charge is -2.11. The first kappa shape index (κ1) is 20.1. The van der Waals surface area contributed by atoms with Gasteiger partial charge in [-0.15, -0.1) is 0 Å². The minimum Gasteiger partial charge on any atom is -0.492 e. The summed E-state index contributed by atoms with van der Waals surface area (Å²) < 4.78 is 10.2. The van der Waals surface area contributed by atoms with Crippen LogP contribution in [0.2, 0.25) is 10.0 Å². The molecule has 0 bridgehead atoms. The Bertz CT molecular complexity index is 808. The second-order valence-electron chi connectivity index (χ2n) is 5.60. The van der Waals surface area contributed by atoms with Gasteiger partial charge in [0.25, 0.3) is 0 Å². The lowest BCUT2D eigenvalue weighted by atomic mass is 10.1. The fraction of sp³-hybridized carbons (Fsp3) is 0.263. The molecule has 138 valence electrons. The van der Waals surface area contributed by atoms with E-state index in [1.807, 2.05) is 6.92 Å². The maximum absolute atomic E-state index is 12.1. The summed E-state index contributed by atoms with van der Waals surface area (Å²) >= 11 is 11.8. The molecule has 0 heterocycles. The number of carbonyl (C=O) groups is 2. The molecule has 0 saturated heterocycles. The highest BCUT2D eigenvalue weighted by molar-refractivity contribution is 6.35. The van der Waals surface area contributed by atoms with E-state index in [2.05, 4.69) is 10.1 Å². The van der Waals surface area contributed by atoms with Crippen molar-refractivity contribution < 1.29 is 19.1 Å². The average molecular weight is 396 g/mol. The summed E-state index contributed by atoms with van der Waals surface area (Å²) in [6.07, 6.45) is 0.785. The number of amides is 1. The van der Waals surface area contributed by atoms with Crippen molar-refractivity contribution in [3.05, 3.63) is 57.6 Å². The molecular weight excluding hydrogens is 377 g/mol. The number of aryl methyl sites for hydroxylation is 1. The van der Waals surface area contributed by atoms with E-state index in [0.717, 1.165) is 5.56 Å². The number of benzene rings is 2. The van der Waals surface area contributed by atoms with Gasteiger partial charge in [-0.2, -0.15) is 0 Å². The summed E-state index contributed by atoms with van der Waals surface area (Å²) in [6, 6.07) is 9.98. The Balaban J connectivity index is 1.84. The van der Waals surface area contributed by atoms with Gasteiger partial charge < -0.3 is 14.8 Å². The number of hydrogen-bond acceptors (Lipinski definition) is 4. The van der Waals surface area contributed by atoms with Crippen LogP contribution in [0.1, 0.15) is 28.8 Å². The van der Waals surface area contributed by atoms with Crippen LogP contribution in [0, 0.1) is 6.92 Å². The Morgan fingerprint density at radius 2 is 1.88 bits per heavy atom. The third-order valence-electron chi connectivity index (χ3n) is 3.63. The minimum absolute atomic E-state index is 0.166. The van der Waals surface area contributed by atoms with E-state index >= 15 is 0 Å². The van der Waals surface area contributed by atoms with Crippen LogP contribution in [0.5, 0.6) is 5.75 Å². The monoisotopic (exact) mass is 395 g/mol. The second-order valence-corrected chi connectivity index (χ2v) is 6.44. The van der Waals surface area contributed by atoms with Gasteiger partial charge in [0.05, 0.1) is 24.3 Å². The van der Waals surface area contributed by atoms with Crippen LogP contribution in [0.25, 0.3) is 0 Å². The van der Waals surface area contributed by atoms with E-state index in [1.165, 1.54) is 7.11 Å². The fourth-order valence-electron chi connectivity index (χ4n) is 2.22. The van der Waals surface area contributed by atoms with Gasteiger partial charge in [0.2, 0.25) is 5.91 Å². The van der Waals surface area contributed by atoms with Crippen molar-refractivity contribution in [2.24, 2.45) is 0 Å². The molecule has 0 fully saturated rings. The van der Waals surface area contributed by atoms with Crippen LogP contribution in [-0.2, 0) is 9.53 Å². The molecule has 1 N–H and O–H groups in total. The Morgan fingerprint density at radius 1 is 1.12 bits per heavy atom. The number of rotatable bonds is 7. The molecule has 0 saturated carbocycles. The molecular formula is C19H19Cl2NO4. The largest absolute Gasteiger partial charge is 0.492 e. The topological polar surface area (TPSA) is 64.6 Å². The minimum atomic E-state index is -0.450. The number of anilines is 1. The molecule has 0 spiro atoms. The third kappa shape index (κ3) is 5.64. The van der Waals surface area contributed by atoms with Crippen molar-refractivity contribution in [2.75, 3.05) is 19.0 Å². The van der Waals surface area contributed by atoms with Crippen LogP contribution in [0.15, 0.2) is 36.4 Å². The molecule has 0 aliphatic heterocycles. The van der Waals surface area contributed by atoms with E-state index in [9.17, 15) is 9.59 Å². The molecule has 2 rings (SSSR count). The summed E-state index contributed by atoms with van der Waals surface area (Å²) in [4.78, 5) is 23.7. The third-order valence-corrected chi connectivity index (χ3v) is 4.16. The number of hydrogen-bond donors (Lipinski definition) is 1. The lowest BCUT2D eigenvalue weighted by molar-refractivity contribution is -0.116. The average Bonchev–Trinajstić information content (AvgIpc) is 2.61. The maximum atomic E-state index is 12.1. The number of halogens is 2. The molecule has 0 aliphatic carbocycles.